The van der Waals surface area contributed by atoms with Crippen molar-refractivity contribution >= 4 is 32.3 Å². The van der Waals surface area contributed by atoms with Gasteiger partial charge in [-0.2, -0.15) is 0 Å². The van der Waals surface area contributed by atoms with Gasteiger partial charge in [0.15, 0.2) is 23.3 Å². The maximum atomic E-state index is 15.0. The molecule has 0 unspecified atom stereocenters. The summed E-state index contributed by atoms with van der Waals surface area (Å²) in [6.07, 6.45) is 0. The van der Waals surface area contributed by atoms with Crippen molar-refractivity contribution in [2.24, 2.45) is 0 Å². The minimum Gasteiger partial charge on any atom is -0.203 e. The Morgan fingerprint density at radius 2 is 0.771 bits per heavy atom. The predicted octanol–water partition coefficient (Wildman–Crippen LogP) is 9.18. The maximum absolute atomic E-state index is 15.0. The lowest BCUT2D eigenvalue weighted by Gasteiger charge is -2.19. The molecule has 0 N–H and O–H groups in total. The molecule has 0 amide bonds. The van der Waals surface area contributed by atoms with Crippen molar-refractivity contribution in [3.05, 3.63) is 120 Å². The fourth-order valence-electron chi connectivity index (χ4n) is 4.88. The Balaban J connectivity index is 1.81. The van der Waals surface area contributed by atoms with Gasteiger partial charge in [-0.25, -0.2) is 22.0 Å². The largest absolute Gasteiger partial charge is 0.203 e. The molecule has 0 saturated carbocycles. The highest BCUT2D eigenvalue weighted by molar-refractivity contribution is 6.21. The van der Waals surface area contributed by atoms with Crippen molar-refractivity contribution in [1.82, 2.24) is 0 Å². The van der Waals surface area contributed by atoms with Crippen LogP contribution in [0.3, 0.4) is 0 Å². The van der Waals surface area contributed by atoms with Crippen LogP contribution in [-0.2, 0) is 0 Å². The third-order valence-corrected chi connectivity index (χ3v) is 6.43. The van der Waals surface area contributed by atoms with Gasteiger partial charge < -0.3 is 0 Å². The molecule has 0 fully saturated rings. The third kappa shape index (κ3) is 3.12. The second-order valence-corrected chi connectivity index (χ2v) is 8.35. The molecular formula is C30H15F5. The molecular weight excluding hydrogens is 455 g/mol. The molecule has 0 aliphatic carbocycles. The van der Waals surface area contributed by atoms with Gasteiger partial charge in [-0.05, 0) is 49.5 Å². The molecule has 0 atom stereocenters. The van der Waals surface area contributed by atoms with E-state index in [-0.39, 0.29) is 5.56 Å². The van der Waals surface area contributed by atoms with Crippen LogP contribution in [-0.4, -0.2) is 0 Å². The van der Waals surface area contributed by atoms with E-state index in [1.807, 2.05) is 42.5 Å². The van der Waals surface area contributed by atoms with Crippen molar-refractivity contribution in [3.8, 4) is 22.3 Å². The molecule has 6 aromatic carbocycles. The van der Waals surface area contributed by atoms with Crippen LogP contribution in [0.25, 0.3) is 54.6 Å². The Kier molecular flexibility index (Phi) is 4.81. The topological polar surface area (TPSA) is 0 Å². The fourth-order valence-corrected chi connectivity index (χ4v) is 4.88. The Morgan fingerprint density at radius 1 is 0.343 bits per heavy atom. The first-order valence-corrected chi connectivity index (χ1v) is 10.9. The molecule has 0 saturated heterocycles. The molecule has 0 aliphatic heterocycles. The number of halogens is 5. The summed E-state index contributed by atoms with van der Waals surface area (Å²) in [5.41, 5.74) is 0.724. The highest BCUT2D eigenvalue weighted by Gasteiger charge is 2.29. The van der Waals surface area contributed by atoms with Gasteiger partial charge in [-0.3, -0.25) is 0 Å². The summed E-state index contributed by atoms with van der Waals surface area (Å²) < 4.78 is 72.3. The highest BCUT2D eigenvalue weighted by Crippen LogP contribution is 2.46. The Labute approximate surface area is 196 Å². The van der Waals surface area contributed by atoms with Crippen LogP contribution in [0.2, 0.25) is 0 Å². The van der Waals surface area contributed by atoms with E-state index in [2.05, 4.69) is 0 Å². The molecule has 170 valence electrons. The van der Waals surface area contributed by atoms with Gasteiger partial charge in [0, 0.05) is 5.56 Å². The molecule has 0 bridgehead atoms. The summed E-state index contributed by atoms with van der Waals surface area (Å²) in [6, 6.07) is 27.7. The zero-order chi connectivity index (χ0) is 24.3. The van der Waals surface area contributed by atoms with Gasteiger partial charge in [0.25, 0.3) is 0 Å². The Morgan fingerprint density at radius 3 is 1.31 bits per heavy atom. The number of hydrogen-bond donors (Lipinski definition) is 0. The number of benzene rings is 6. The lowest BCUT2D eigenvalue weighted by molar-refractivity contribution is 0.381. The van der Waals surface area contributed by atoms with Crippen molar-refractivity contribution < 1.29 is 22.0 Å². The van der Waals surface area contributed by atoms with Crippen molar-refractivity contribution in [2.75, 3.05) is 0 Å². The van der Waals surface area contributed by atoms with E-state index in [9.17, 15) is 13.2 Å². The first-order valence-electron chi connectivity index (χ1n) is 10.9. The van der Waals surface area contributed by atoms with E-state index in [4.69, 9.17) is 0 Å². The lowest BCUT2D eigenvalue weighted by Crippen LogP contribution is -2.05. The van der Waals surface area contributed by atoms with Gasteiger partial charge >= 0.3 is 0 Å². The number of hydrogen-bond acceptors (Lipinski definition) is 0. The summed E-state index contributed by atoms with van der Waals surface area (Å²) in [5, 5.41) is 4.13. The molecule has 6 rings (SSSR count). The zero-order valence-corrected chi connectivity index (χ0v) is 18.1. The van der Waals surface area contributed by atoms with Gasteiger partial charge in [0.05, 0.1) is 5.56 Å². The Hall–Kier alpha value is -4.25. The average molecular weight is 470 g/mol. The lowest BCUT2D eigenvalue weighted by atomic mass is 9.85. The summed E-state index contributed by atoms with van der Waals surface area (Å²) in [4.78, 5) is 0. The molecule has 6 aromatic rings. The van der Waals surface area contributed by atoms with Crippen LogP contribution < -0.4 is 0 Å². The van der Waals surface area contributed by atoms with E-state index in [1.54, 1.807) is 48.5 Å². The normalized spacial score (nSPS) is 11.6. The van der Waals surface area contributed by atoms with Crippen molar-refractivity contribution in [1.29, 1.82) is 0 Å². The average Bonchev–Trinajstić information content (AvgIpc) is 2.90. The summed E-state index contributed by atoms with van der Waals surface area (Å²) in [5.74, 6) is -9.81. The second-order valence-electron chi connectivity index (χ2n) is 8.35. The third-order valence-electron chi connectivity index (χ3n) is 6.43. The quantitative estimate of drug-likeness (QED) is 0.102. The zero-order valence-electron chi connectivity index (χ0n) is 18.1. The summed E-state index contributed by atoms with van der Waals surface area (Å²) in [7, 11) is 0. The van der Waals surface area contributed by atoms with E-state index in [0.29, 0.717) is 21.5 Å². The smallest absolute Gasteiger partial charge is 0.200 e. The van der Waals surface area contributed by atoms with Crippen LogP contribution in [0.4, 0.5) is 22.0 Å². The molecule has 0 radical (unpaired) electrons. The van der Waals surface area contributed by atoms with E-state index in [0.717, 1.165) is 21.9 Å². The van der Waals surface area contributed by atoms with Crippen LogP contribution in [0.15, 0.2) is 91.0 Å². The van der Waals surface area contributed by atoms with Crippen LogP contribution >= 0.6 is 0 Å². The first-order chi connectivity index (χ1) is 17.0. The maximum Gasteiger partial charge on any atom is 0.200 e. The Bertz CT molecular complexity index is 1720. The van der Waals surface area contributed by atoms with Gasteiger partial charge in [-0.15, -0.1) is 0 Å². The molecule has 0 spiro atoms. The minimum atomic E-state index is -2.18. The molecule has 5 heteroatoms. The number of fused-ring (bicyclic) bond motifs is 3. The molecule has 0 aliphatic rings. The minimum absolute atomic E-state index is 0.0338. The van der Waals surface area contributed by atoms with Gasteiger partial charge in [0.2, 0.25) is 5.82 Å². The first kappa shape index (κ1) is 21.3. The van der Waals surface area contributed by atoms with E-state index in [1.165, 1.54) is 0 Å². The molecule has 0 aromatic heterocycles. The highest BCUT2D eigenvalue weighted by atomic mass is 19.2. The summed E-state index contributed by atoms with van der Waals surface area (Å²) in [6.45, 7) is 0. The van der Waals surface area contributed by atoms with Gasteiger partial charge in [-0.1, -0.05) is 84.9 Å². The van der Waals surface area contributed by atoms with Crippen LogP contribution in [0, 0.1) is 29.1 Å². The van der Waals surface area contributed by atoms with Crippen molar-refractivity contribution in [2.45, 2.75) is 0 Å². The number of rotatable bonds is 2. The SMILES string of the molecule is Fc1c(F)c(F)c(-c2c3ccccc3c(-c3ccc4ccccc4c3)c3ccccc23)c(F)c1F. The summed E-state index contributed by atoms with van der Waals surface area (Å²) >= 11 is 0. The molecule has 0 nitrogen and oxygen atoms in total. The van der Waals surface area contributed by atoms with E-state index < -0.39 is 34.6 Å². The standard InChI is InChI=1S/C30H15F5/c31-26-25(27(32)29(34)30(35)28(26)33)24-21-11-5-3-9-19(21)23(20-10-4-6-12-22(20)24)18-14-13-16-7-1-2-8-17(16)15-18/h1-15H. The molecule has 0 heterocycles. The van der Waals surface area contributed by atoms with E-state index >= 15 is 8.78 Å². The van der Waals surface area contributed by atoms with Crippen molar-refractivity contribution in [3.63, 3.8) is 0 Å². The predicted molar refractivity (Wildman–Crippen MR) is 130 cm³/mol. The van der Waals surface area contributed by atoms with Gasteiger partial charge in [0.1, 0.15) is 0 Å². The fraction of sp³-hybridized carbons (Fsp3) is 0. The van der Waals surface area contributed by atoms with Crippen LogP contribution in [0.1, 0.15) is 0 Å². The van der Waals surface area contributed by atoms with Crippen LogP contribution in [0.5, 0.6) is 0 Å². The monoisotopic (exact) mass is 470 g/mol. The second kappa shape index (κ2) is 7.91. The molecule has 35 heavy (non-hydrogen) atoms.